The van der Waals surface area contributed by atoms with E-state index in [9.17, 15) is 0 Å². The predicted octanol–water partition coefficient (Wildman–Crippen LogP) is 4.03. The summed E-state index contributed by atoms with van der Waals surface area (Å²) < 4.78 is 5.40. The molecule has 1 N–H and O–H groups in total. The monoisotopic (exact) mass is 328 g/mol. The summed E-state index contributed by atoms with van der Waals surface area (Å²) in [6.45, 7) is 9.01. The smallest absolute Gasteiger partial charge is 0.134 e. The lowest BCUT2D eigenvalue weighted by molar-refractivity contribution is 0.410. The molecular formula is C19H28N4O. The Bertz CT molecular complexity index is 639. The highest BCUT2D eigenvalue weighted by molar-refractivity contribution is 5.50. The van der Waals surface area contributed by atoms with Gasteiger partial charge in [0, 0.05) is 31.3 Å². The molecule has 2 rings (SSSR count). The van der Waals surface area contributed by atoms with Crippen LogP contribution in [-0.4, -0.2) is 30.2 Å². The Balaban J connectivity index is 2.15. The third-order valence-electron chi connectivity index (χ3n) is 3.79. The molecule has 0 amide bonds. The molecule has 0 bridgehead atoms. The topological polar surface area (TPSA) is 50.3 Å². The number of methoxy groups -OCH3 is 1. The van der Waals surface area contributed by atoms with Gasteiger partial charge in [-0.25, -0.2) is 9.97 Å². The summed E-state index contributed by atoms with van der Waals surface area (Å²) in [5.74, 6) is 3.51. The lowest BCUT2D eigenvalue weighted by Crippen LogP contribution is -2.26. The van der Waals surface area contributed by atoms with Crippen molar-refractivity contribution in [1.82, 2.24) is 9.97 Å². The molecule has 1 heterocycles. The maximum absolute atomic E-state index is 5.40. The summed E-state index contributed by atoms with van der Waals surface area (Å²) in [4.78, 5) is 11.4. The Morgan fingerprint density at radius 3 is 2.46 bits per heavy atom. The summed E-state index contributed by atoms with van der Waals surface area (Å²) in [6, 6.07) is 10.1. The van der Waals surface area contributed by atoms with Crippen LogP contribution in [0.5, 0.6) is 5.75 Å². The Hall–Kier alpha value is -2.30. The van der Waals surface area contributed by atoms with Crippen molar-refractivity contribution < 1.29 is 4.74 Å². The SMILES string of the molecule is CCCN(CCC)c1cc(NCc2ccccc2OC)nc(C)n1. The first-order valence-corrected chi connectivity index (χ1v) is 8.64. The minimum absolute atomic E-state index is 0.668. The van der Waals surface area contributed by atoms with Gasteiger partial charge in [0.1, 0.15) is 23.2 Å². The maximum Gasteiger partial charge on any atom is 0.134 e. The number of hydrogen-bond acceptors (Lipinski definition) is 5. The van der Waals surface area contributed by atoms with Crippen molar-refractivity contribution in [3.8, 4) is 5.75 Å². The normalized spacial score (nSPS) is 10.5. The fourth-order valence-electron chi connectivity index (χ4n) is 2.72. The van der Waals surface area contributed by atoms with E-state index in [-0.39, 0.29) is 0 Å². The van der Waals surface area contributed by atoms with E-state index in [1.54, 1.807) is 7.11 Å². The van der Waals surface area contributed by atoms with Gasteiger partial charge in [0.05, 0.1) is 7.11 Å². The third-order valence-corrected chi connectivity index (χ3v) is 3.79. The van der Waals surface area contributed by atoms with Gasteiger partial charge in [-0.1, -0.05) is 32.0 Å². The van der Waals surface area contributed by atoms with Crippen LogP contribution >= 0.6 is 0 Å². The van der Waals surface area contributed by atoms with Crippen molar-refractivity contribution >= 4 is 11.6 Å². The molecule has 5 nitrogen and oxygen atoms in total. The van der Waals surface area contributed by atoms with E-state index in [2.05, 4.69) is 40.1 Å². The highest BCUT2D eigenvalue weighted by atomic mass is 16.5. The molecule has 0 aliphatic carbocycles. The number of aromatic nitrogens is 2. The van der Waals surface area contributed by atoms with Gasteiger partial charge in [-0.15, -0.1) is 0 Å². The molecule has 5 heteroatoms. The number of aryl methyl sites for hydroxylation is 1. The highest BCUT2D eigenvalue weighted by Crippen LogP contribution is 2.20. The molecule has 2 aromatic rings. The van der Waals surface area contributed by atoms with Crippen molar-refractivity contribution in [2.75, 3.05) is 30.4 Å². The quantitative estimate of drug-likeness (QED) is 0.753. The van der Waals surface area contributed by atoms with Gasteiger partial charge in [-0.05, 0) is 25.8 Å². The van der Waals surface area contributed by atoms with Crippen LogP contribution in [0.4, 0.5) is 11.6 Å². The largest absolute Gasteiger partial charge is 0.496 e. The number of rotatable bonds is 9. The van der Waals surface area contributed by atoms with E-state index in [0.29, 0.717) is 6.54 Å². The molecule has 0 spiro atoms. The number of para-hydroxylation sites is 1. The summed E-state index contributed by atoms with van der Waals surface area (Å²) in [6.07, 6.45) is 2.21. The number of anilines is 2. The first-order valence-electron chi connectivity index (χ1n) is 8.64. The average Bonchev–Trinajstić information content (AvgIpc) is 2.59. The van der Waals surface area contributed by atoms with Crippen LogP contribution in [0.15, 0.2) is 30.3 Å². The predicted molar refractivity (Wildman–Crippen MR) is 99.9 cm³/mol. The van der Waals surface area contributed by atoms with Crippen molar-refractivity contribution in [3.63, 3.8) is 0 Å². The number of nitrogens with zero attached hydrogens (tertiary/aromatic N) is 3. The summed E-state index contributed by atoms with van der Waals surface area (Å²) in [5, 5.41) is 3.40. The summed E-state index contributed by atoms with van der Waals surface area (Å²) in [5.41, 5.74) is 1.11. The van der Waals surface area contributed by atoms with E-state index < -0.39 is 0 Å². The van der Waals surface area contributed by atoms with E-state index in [0.717, 1.165) is 54.7 Å². The van der Waals surface area contributed by atoms with E-state index >= 15 is 0 Å². The second-order valence-electron chi connectivity index (χ2n) is 5.81. The van der Waals surface area contributed by atoms with Crippen LogP contribution in [0.2, 0.25) is 0 Å². The summed E-state index contributed by atoms with van der Waals surface area (Å²) >= 11 is 0. The molecular weight excluding hydrogens is 300 g/mol. The molecule has 0 saturated carbocycles. The number of nitrogens with one attached hydrogen (secondary N) is 1. The van der Waals surface area contributed by atoms with Crippen LogP contribution in [0, 0.1) is 6.92 Å². The van der Waals surface area contributed by atoms with Crippen LogP contribution in [-0.2, 0) is 6.54 Å². The minimum Gasteiger partial charge on any atom is -0.496 e. The zero-order valence-corrected chi connectivity index (χ0v) is 15.2. The average molecular weight is 328 g/mol. The zero-order valence-electron chi connectivity index (χ0n) is 15.2. The molecule has 0 radical (unpaired) electrons. The van der Waals surface area contributed by atoms with Crippen molar-refractivity contribution in [1.29, 1.82) is 0 Å². The lowest BCUT2D eigenvalue weighted by Gasteiger charge is -2.23. The van der Waals surface area contributed by atoms with Crippen molar-refractivity contribution in [2.24, 2.45) is 0 Å². The first-order chi connectivity index (χ1) is 11.7. The van der Waals surface area contributed by atoms with Crippen LogP contribution < -0.4 is 15.0 Å². The van der Waals surface area contributed by atoms with Crippen molar-refractivity contribution in [3.05, 3.63) is 41.7 Å². The molecule has 0 aliphatic heterocycles. The Labute approximate surface area is 145 Å². The van der Waals surface area contributed by atoms with E-state index in [4.69, 9.17) is 4.74 Å². The molecule has 130 valence electrons. The number of ether oxygens (including phenoxy) is 1. The molecule has 0 unspecified atom stereocenters. The molecule has 0 fully saturated rings. The molecule has 1 aromatic heterocycles. The molecule has 0 atom stereocenters. The Morgan fingerprint density at radius 1 is 1.08 bits per heavy atom. The third kappa shape index (κ3) is 4.85. The second-order valence-corrected chi connectivity index (χ2v) is 5.81. The lowest BCUT2D eigenvalue weighted by atomic mass is 10.2. The van der Waals surface area contributed by atoms with Gasteiger partial charge in [0.15, 0.2) is 0 Å². The van der Waals surface area contributed by atoms with Gasteiger partial charge in [-0.2, -0.15) is 0 Å². The molecule has 1 aromatic carbocycles. The zero-order chi connectivity index (χ0) is 17.4. The minimum atomic E-state index is 0.668. The van der Waals surface area contributed by atoms with E-state index in [1.807, 2.05) is 31.2 Å². The Kier molecular flexibility index (Phi) is 6.85. The van der Waals surface area contributed by atoms with Crippen LogP contribution in [0.25, 0.3) is 0 Å². The standard InChI is InChI=1S/C19H28N4O/c1-5-11-23(12-6-2)19-13-18(21-15(3)22-19)20-14-16-9-7-8-10-17(16)24-4/h7-10,13H,5-6,11-12,14H2,1-4H3,(H,20,21,22). The van der Waals surface area contributed by atoms with Crippen LogP contribution in [0.3, 0.4) is 0 Å². The maximum atomic E-state index is 5.40. The second kappa shape index (κ2) is 9.11. The Morgan fingerprint density at radius 2 is 1.79 bits per heavy atom. The molecule has 0 aliphatic rings. The van der Waals surface area contributed by atoms with Gasteiger partial charge in [0.2, 0.25) is 0 Å². The van der Waals surface area contributed by atoms with Gasteiger partial charge < -0.3 is 15.0 Å². The summed E-state index contributed by atoms with van der Waals surface area (Å²) in [7, 11) is 1.69. The molecule has 24 heavy (non-hydrogen) atoms. The first kappa shape index (κ1) is 18.0. The van der Waals surface area contributed by atoms with Gasteiger partial charge in [0.25, 0.3) is 0 Å². The molecule has 0 saturated heterocycles. The van der Waals surface area contributed by atoms with E-state index in [1.165, 1.54) is 0 Å². The van der Waals surface area contributed by atoms with Gasteiger partial charge >= 0.3 is 0 Å². The number of benzene rings is 1. The highest BCUT2D eigenvalue weighted by Gasteiger charge is 2.10. The fraction of sp³-hybridized carbons (Fsp3) is 0.474. The van der Waals surface area contributed by atoms with Crippen LogP contribution in [0.1, 0.15) is 38.1 Å². The van der Waals surface area contributed by atoms with Gasteiger partial charge in [-0.3, -0.25) is 0 Å². The fourth-order valence-corrected chi connectivity index (χ4v) is 2.72. The number of hydrogen-bond donors (Lipinski definition) is 1. The van der Waals surface area contributed by atoms with Crippen molar-refractivity contribution in [2.45, 2.75) is 40.2 Å².